The Labute approximate surface area is 159 Å². The van der Waals surface area contributed by atoms with Crippen LogP contribution in [0, 0.1) is 20.8 Å². The van der Waals surface area contributed by atoms with E-state index in [1.165, 1.54) is 11.3 Å². The van der Waals surface area contributed by atoms with Crippen molar-refractivity contribution in [2.75, 3.05) is 4.90 Å². The Bertz CT molecular complexity index is 880. The minimum atomic E-state index is -0.0264. The van der Waals surface area contributed by atoms with Crippen molar-refractivity contribution in [3.05, 3.63) is 51.5 Å². The summed E-state index contributed by atoms with van der Waals surface area (Å²) in [5, 5.41) is 4.79. The van der Waals surface area contributed by atoms with Gasteiger partial charge in [-0.05, 0) is 31.9 Å². The standard InChI is InChI=1S/C18H19N3OS3/c1-11-6-5-7-12(2)16(11)21(14(4)22)17-20-15(9-23-17)10-25-18-19-13(3)8-24-18/h5-9H,10H2,1-4H3. The van der Waals surface area contributed by atoms with E-state index in [1.54, 1.807) is 34.9 Å². The molecule has 0 bridgehead atoms. The number of rotatable bonds is 5. The molecule has 0 aliphatic carbocycles. The van der Waals surface area contributed by atoms with Crippen LogP contribution in [0.1, 0.15) is 29.4 Å². The topological polar surface area (TPSA) is 46.1 Å². The molecule has 1 amide bonds. The first kappa shape index (κ1) is 18.1. The van der Waals surface area contributed by atoms with Gasteiger partial charge in [0.25, 0.3) is 0 Å². The summed E-state index contributed by atoms with van der Waals surface area (Å²) < 4.78 is 1.05. The van der Waals surface area contributed by atoms with Crippen LogP contribution in [0.5, 0.6) is 0 Å². The van der Waals surface area contributed by atoms with Crippen LogP contribution in [0.3, 0.4) is 0 Å². The average Bonchev–Trinajstić information content (AvgIpc) is 3.17. The van der Waals surface area contributed by atoms with Crippen molar-refractivity contribution in [3.8, 4) is 0 Å². The number of aromatic nitrogens is 2. The summed E-state index contributed by atoms with van der Waals surface area (Å²) in [6.45, 7) is 7.62. The fourth-order valence-corrected chi connectivity index (χ4v) is 5.27. The van der Waals surface area contributed by atoms with E-state index in [9.17, 15) is 4.79 Å². The van der Waals surface area contributed by atoms with Gasteiger partial charge in [-0.2, -0.15) is 0 Å². The van der Waals surface area contributed by atoms with E-state index in [0.29, 0.717) is 0 Å². The molecule has 0 saturated heterocycles. The number of aryl methyl sites for hydroxylation is 3. The van der Waals surface area contributed by atoms with Gasteiger partial charge in [-0.15, -0.1) is 22.7 Å². The molecular formula is C18H19N3OS3. The molecule has 3 aromatic rings. The molecule has 0 spiro atoms. The Balaban J connectivity index is 1.84. The lowest BCUT2D eigenvalue weighted by molar-refractivity contribution is -0.115. The van der Waals surface area contributed by atoms with Crippen LogP contribution in [0.15, 0.2) is 33.3 Å². The number of hydrogen-bond acceptors (Lipinski definition) is 6. The van der Waals surface area contributed by atoms with Crippen LogP contribution in [0.4, 0.5) is 10.8 Å². The highest BCUT2D eigenvalue weighted by Gasteiger charge is 2.21. The summed E-state index contributed by atoms with van der Waals surface area (Å²) in [6, 6.07) is 6.05. The smallest absolute Gasteiger partial charge is 0.230 e. The van der Waals surface area contributed by atoms with Crippen LogP contribution in [-0.4, -0.2) is 15.9 Å². The highest BCUT2D eigenvalue weighted by Crippen LogP contribution is 2.35. The summed E-state index contributed by atoms with van der Waals surface area (Å²) in [5.41, 5.74) is 5.08. The van der Waals surface area contributed by atoms with Crippen LogP contribution >= 0.6 is 34.4 Å². The minimum absolute atomic E-state index is 0.0264. The molecule has 4 nitrogen and oxygen atoms in total. The van der Waals surface area contributed by atoms with Crippen molar-refractivity contribution in [2.24, 2.45) is 0 Å². The van der Waals surface area contributed by atoms with Crippen LogP contribution < -0.4 is 4.90 Å². The molecule has 1 aromatic carbocycles. The largest absolute Gasteiger partial charge is 0.274 e. The summed E-state index contributed by atoms with van der Waals surface area (Å²) in [7, 11) is 0. The third-order valence-electron chi connectivity index (χ3n) is 3.65. The Morgan fingerprint density at radius 1 is 1.12 bits per heavy atom. The third-order valence-corrected chi connectivity index (χ3v) is 6.70. The van der Waals surface area contributed by atoms with E-state index in [0.717, 1.165) is 43.4 Å². The molecule has 0 aliphatic heterocycles. The molecule has 0 aliphatic rings. The van der Waals surface area contributed by atoms with Crippen molar-refractivity contribution in [3.63, 3.8) is 0 Å². The van der Waals surface area contributed by atoms with Gasteiger partial charge in [0.2, 0.25) is 5.91 Å². The maximum absolute atomic E-state index is 12.3. The van der Waals surface area contributed by atoms with Gasteiger partial charge >= 0.3 is 0 Å². The molecule has 130 valence electrons. The molecular weight excluding hydrogens is 370 g/mol. The first-order valence-corrected chi connectivity index (χ1v) is 10.6. The number of thiazole rings is 2. The quantitative estimate of drug-likeness (QED) is 0.540. The molecule has 0 fully saturated rings. The second-order valence-corrected chi connectivity index (χ2v) is 8.68. The van der Waals surface area contributed by atoms with Crippen molar-refractivity contribution >= 4 is 51.2 Å². The van der Waals surface area contributed by atoms with Gasteiger partial charge < -0.3 is 0 Å². The summed E-state index contributed by atoms with van der Waals surface area (Å²) in [5.74, 6) is 0.726. The first-order chi connectivity index (χ1) is 12.0. The molecule has 0 atom stereocenters. The fraction of sp³-hybridized carbons (Fsp3) is 0.278. The highest BCUT2D eigenvalue weighted by molar-refractivity contribution is 8.00. The predicted molar refractivity (Wildman–Crippen MR) is 107 cm³/mol. The van der Waals surface area contributed by atoms with Gasteiger partial charge in [-0.3, -0.25) is 9.69 Å². The van der Waals surface area contributed by atoms with E-state index >= 15 is 0 Å². The number of hydrogen-bond donors (Lipinski definition) is 0. The average molecular weight is 390 g/mol. The van der Waals surface area contributed by atoms with Crippen molar-refractivity contribution in [2.45, 2.75) is 37.8 Å². The Hall–Kier alpha value is -1.70. The Kier molecular flexibility index (Phi) is 5.56. The fourth-order valence-electron chi connectivity index (χ4n) is 2.55. The third kappa shape index (κ3) is 4.11. The number of anilines is 2. The summed E-state index contributed by atoms with van der Waals surface area (Å²) >= 11 is 4.83. The van der Waals surface area contributed by atoms with E-state index < -0.39 is 0 Å². The molecule has 2 heterocycles. The van der Waals surface area contributed by atoms with Gasteiger partial charge in [0.05, 0.1) is 11.4 Å². The van der Waals surface area contributed by atoms with E-state index in [-0.39, 0.29) is 5.91 Å². The maximum Gasteiger partial charge on any atom is 0.230 e. The second-order valence-electron chi connectivity index (χ2n) is 5.76. The molecule has 0 unspecified atom stereocenters. The van der Waals surface area contributed by atoms with E-state index in [1.807, 2.05) is 49.7 Å². The molecule has 3 rings (SSSR count). The van der Waals surface area contributed by atoms with Crippen molar-refractivity contribution < 1.29 is 4.79 Å². The number of thioether (sulfide) groups is 1. The van der Waals surface area contributed by atoms with Gasteiger partial charge in [0, 0.05) is 29.1 Å². The van der Waals surface area contributed by atoms with Gasteiger partial charge in [-0.1, -0.05) is 30.0 Å². The number of nitrogens with zero attached hydrogens (tertiary/aromatic N) is 3. The number of benzene rings is 1. The molecule has 7 heteroatoms. The molecule has 0 N–H and O–H groups in total. The first-order valence-electron chi connectivity index (χ1n) is 7.82. The SMILES string of the molecule is CC(=O)N(c1nc(CSc2nc(C)cs2)cs1)c1c(C)cccc1C. The number of para-hydroxylation sites is 1. The monoisotopic (exact) mass is 389 g/mol. The normalized spacial score (nSPS) is 10.9. The molecule has 2 aromatic heterocycles. The minimum Gasteiger partial charge on any atom is -0.274 e. The zero-order valence-corrected chi connectivity index (χ0v) is 17.0. The van der Waals surface area contributed by atoms with Crippen molar-refractivity contribution in [1.82, 2.24) is 9.97 Å². The second kappa shape index (κ2) is 7.68. The Morgan fingerprint density at radius 3 is 2.44 bits per heavy atom. The Morgan fingerprint density at radius 2 is 1.84 bits per heavy atom. The number of carbonyl (C=O) groups excluding carboxylic acids is 1. The predicted octanol–water partition coefficient (Wildman–Crippen LogP) is 5.50. The van der Waals surface area contributed by atoms with E-state index in [4.69, 9.17) is 4.98 Å². The zero-order valence-electron chi connectivity index (χ0n) is 14.6. The molecule has 0 radical (unpaired) electrons. The van der Waals surface area contributed by atoms with Crippen LogP contribution in [-0.2, 0) is 10.5 Å². The van der Waals surface area contributed by atoms with Gasteiger partial charge in [0.15, 0.2) is 5.13 Å². The lowest BCUT2D eigenvalue weighted by Gasteiger charge is -2.22. The highest BCUT2D eigenvalue weighted by atomic mass is 32.2. The molecule has 0 saturated carbocycles. The lowest BCUT2D eigenvalue weighted by Crippen LogP contribution is -2.24. The lowest BCUT2D eigenvalue weighted by atomic mass is 10.1. The van der Waals surface area contributed by atoms with Crippen LogP contribution in [0.25, 0.3) is 0 Å². The zero-order chi connectivity index (χ0) is 18.0. The van der Waals surface area contributed by atoms with Crippen molar-refractivity contribution in [1.29, 1.82) is 0 Å². The van der Waals surface area contributed by atoms with E-state index in [2.05, 4.69) is 4.98 Å². The number of carbonyl (C=O) groups is 1. The summed E-state index contributed by atoms with van der Waals surface area (Å²) in [4.78, 5) is 23.2. The number of amides is 1. The maximum atomic E-state index is 12.3. The van der Waals surface area contributed by atoms with Crippen LogP contribution in [0.2, 0.25) is 0 Å². The molecule has 25 heavy (non-hydrogen) atoms. The summed E-state index contributed by atoms with van der Waals surface area (Å²) in [6.07, 6.45) is 0. The van der Waals surface area contributed by atoms with Gasteiger partial charge in [-0.25, -0.2) is 9.97 Å². The van der Waals surface area contributed by atoms with Gasteiger partial charge in [0.1, 0.15) is 4.34 Å².